The van der Waals surface area contributed by atoms with Gasteiger partial charge >= 0.3 is 18.0 Å². The number of carbonyl (C=O) groups is 3. The number of amides is 1. The molecule has 0 heterocycles. The summed E-state index contributed by atoms with van der Waals surface area (Å²) in [4.78, 5) is 38.9. The van der Waals surface area contributed by atoms with Crippen LogP contribution >= 0.6 is 15.9 Å². The van der Waals surface area contributed by atoms with Gasteiger partial charge in [-0.2, -0.15) is 5.48 Å². The van der Waals surface area contributed by atoms with Crippen molar-refractivity contribution < 1.29 is 47.6 Å². The fourth-order valence-corrected chi connectivity index (χ4v) is 1.73. The Morgan fingerprint density at radius 2 is 1.19 bits per heavy atom. The van der Waals surface area contributed by atoms with E-state index in [1.54, 1.807) is 34.6 Å². The van der Waals surface area contributed by atoms with E-state index in [0.717, 1.165) is 0 Å². The molecule has 0 bridgehead atoms. The lowest BCUT2D eigenvalue weighted by Gasteiger charge is -2.19. The van der Waals surface area contributed by atoms with Gasteiger partial charge in [0.05, 0.1) is 39.6 Å². The van der Waals surface area contributed by atoms with Crippen LogP contribution in [-0.4, -0.2) is 87.4 Å². The molecule has 0 aromatic carbocycles. The average Bonchev–Trinajstić information content (AvgIpc) is 2.63. The molecule has 0 fully saturated rings. The van der Waals surface area contributed by atoms with Crippen molar-refractivity contribution >= 4 is 34.0 Å². The number of hydroxylamine groups is 1. The molecule has 0 aliphatic heterocycles. The van der Waals surface area contributed by atoms with Gasteiger partial charge in [0.1, 0.15) is 23.1 Å². The van der Waals surface area contributed by atoms with Crippen molar-refractivity contribution in [1.29, 1.82) is 0 Å². The monoisotopic (exact) mass is 515 g/mol. The van der Waals surface area contributed by atoms with Gasteiger partial charge in [0.15, 0.2) is 6.61 Å². The molecule has 0 rings (SSSR count). The van der Waals surface area contributed by atoms with Gasteiger partial charge in [-0.25, -0.2) is 9.59 Å². The predicted molar refractivity (Wildman–Crippen MR) is 113 cm³/mol. The van der Waals surface area contributed by atoms with Crippen LogP contribution in [0, 0.1) is 0 Å². The number of halogens is 1. The Bertz CT molecular complexity index is 531. The normalized spacial score (nSPS) is 11.7. The summed E-state index contributed by atoms with van der Waals surface area (Å²) in [5.74, 6) is -1.00. The highest BCUT2D eigenvalue weighted by molar-refractivity contribution is 9.10. The van der Waals surface area contributed by atoms with Crippen molar-refractivity contribution in [3.8, 4) is 0 Å². The summed E-state index contributed by atoms with van der Waals surface area (Å²) < 4.78 is 29.9. The van der Waals surface area contributed by atoms with Crippen LogP contribution in [0.15, 0.2) is 0 Å². The first kappa shape index (κ1) is 29.5. The molecule has 182 valence electrons. The Hall–Kier alpha value is -1.47. The summed E-state index contributed by atoms with van der Waals surface area (Å²) in [6.07, 6.45) is -0.795. The van der Waals surface area contributed by atoms with Crippen LogP contribution in [-0.2, 0) is 42.8 Å². The summed E-state index contributed by atoms with van der Waals surface area (Å²) in [5.41, 5.74) is 1.32. The third kappa shape index (κ3) is 20.2. The van der Waals surface area contributed by atoms with Gasteiger partial charge in [-0.1, -0.05) is 15.9 Å². The minimum Gasteiger partial charge on any atom is -0.462 e. The minimum atomic E-state index is -0.795. The Kier molecular flexibility index (Phi) is 15.4. The van der Waals surface area contributed by atoms with Gasteiger partial charge in [0, 0.05) is 0 Å². The lowest BCUT2D eigenvalue weighted by molar-refractivity contribution is -0.153. The van der Waals surface area contributed by atoms with Crippen LogP contribution in [0.1, 0.15) is 34.6 Å². The lowest BCUT2D eigenvalue weighted by atomic mass is 10.2. The molecule has 0 spiro atoms. The number of nitrogens with one attached hydrogen (secondary N) is 1. The Labute approximate surface area is 191 Å². The zero-order valence-electron chi connectivity index (χ0n) is 18.8. The molecule has 0 saturated carbocycles. The molecule has 12 heteroatoms. The summed E-state index contributed by atoms with van der Waals surface area (Å²) >= 11 is 3.21. The van der Waals surface area contributed by atoms with Gasteiger partial charge in [-0.05, 0) is 34.6 Å². The first-order chi connectivity index (χ1) is 14.4. The van der Waals surface area contributed by atoms with Crippen LogP contribution in [0.4, 0.5) is 4.79 Å². The van der Waals surface area contributed by atoms with E-state index < -0.39 is 28.6 Å². The third-order valence-corrected chi connectivity index (χ3v) is 3.25. The van der Waals surface area contributed by atoms with E-state index in [2.05, 4.69) is 20.8 Å². The Morgan fingerprint density at radius 3 is 1.65 bits per heavy atom. The summed E-state index contributed by atoms with van der Waals surface area (Å²) in [7, 11) is 0. The second-order valence-corrected chi connectivity index (χ2v) is 9.54. The van der Waals surface area contributed by atoms with Crippen molar-refractivity contribution in [3.05, 3.63) is 0 Å². The SMILES string of the molecule is CC(C)(C)OC(=O)NOCC(=O)OCCOCCOCCOCCOC(=O)C(C)(C)Br. The molecule has 0 saturated heterocycles. The fourth-order valence-electron chi connectivity index (χ4n) is 1.62. The number of rotatable bonds is 16. The van der Waals surface area contributed by atoms with Gasteiger partial charge in [0.25, 0.3) is 0 Å². The maximum Gasteiger partial charge on any atom is 0.431 e. The maximum atomic E-state index is 11.5. The quantitative estimate of drug-likeness (QED) is 0.107. The van der Waals surface area contributed by atoms with E-state index in [0.29, 0.717) is 26.4 Å². The van der Waals surface area contributed by atoms with Gasteiger partial charge in [-0.15, -0.1) is 0 Å². The van der Waals surface area contributed by atoms with E-state index in [9.17, 15) is 14.4 Å². The van der Waals surface area contributed by atoms with E-state index in [1.807, 2.05) is 5.48 Å². The van der Waals surface area contributed by atoms with E-state index in [1.165, 1.54) is 0 Å². The first-order valence-electron chi connectivity index (χ1n) is 9.77. The molecule has 0 aromatic heterocycles. The molecule has 1 amide bonds. The van der Waals surface area contributed by atoms with Crippen LogP contribution in [0.2, 0.25) is 0 Å². The predicted octanol–water partition coefficient (Wildman–Crippen LogP) is 1.75. The Balaban J connectivity index is 3.38. The third-order valence-electron chi connectivity index (χ3n) is 2.93. The molecular formula is C19H34BrNO10. The average molecular weight is 516 g/mol. The highest BCUT2D eigenvalue weighted by atomic mass is 79.9. The van der Waals surface area contributed by atoms with Crippen molar-refractivity contribution in [2.45, 2.75) is 44.5 Å². The molecule has 0 unspecified atom stereocenters. The molecule has 31 heavy (non-hydrogen) atoms. The van der Waals surface area contributed by atoms with Crippen LogP contribution in [0.3, 0.4) is 0 Å². The smallest absolute Gasteiger partial charge is 0.431 e. The van der Waals surface area contributed by atoms with Crippen molar-refractivity contribution in [2.75, 3.05) is 59.5 Å². The standard InChI is InChI=1S/C19H34BrNO10/c1-18(2,3)31-17(24)21-30-14-15(22)28-12-10-26-8-6-25-7-9-27-11-13-29-16(23)19(4,5)20/h6-14H2,1-5H3,(H,21,24). The minimum absolute atomic E-state index is 0.0433. The van der Waals surface area contributed by atoms with Gasteiger partial charge in [-0.3, -0.25) is 9.63 Å². The first-order valence-corrected chi connectivity index (χ1v) is 10.6. The van der Waals surface area contributed by atoms with E-state index in [4.69, 9.17) is 28.4 Å². The number of esters is 2. The lowest BCUT2D eigenvalue weighted by Crippen LogP contribution is -2.34. The topological polar surface area (TPSA) is 128 Å². The van der Waals surface area contributed by atoms with Crippen molar-refractivity contribution in [1.82, 2.24) is 5.48 Å². The summed E-state index contributed by atoms with van der Waals surface area (Å²) in [6, 6.07) is 0. The zero-order valence-corrected chi connectivity index (χ0v) is 20.4. The number of carbonyl (C=O) groups excluding carboxylic acids is 3. The van der Waals surface area contributed by atoms with E-state index >= 15 is 0 Å². The van der Waals surface area contributed by atoms with Crippen molar-refractivity contribution in [2.24, 2.45) is 0 Å². The molecule has 0 atom stereocenters. The molecule has 1 N–H and O–H groups in total. The van der Waals surface area contributed by atoms with Gasteiger partial charge < -0.3 is 28.4 Å². The zero-order chi connectivity index (χ0) is 23.8. The number of ether oxygens (including phenoxy) is 6. The largest absolute Gasteiger partial charge is 0.462 e. The van der Waals surface area contributed by atoms with Crippen molar-refractivity contribution in [3.63, 3.8) is 0 Å². The number of hydrogen-bond acceptors (Lipinski definition) is 10. The fraction of sp³-hybridized carbons (Fsp3) is 0.842. The second kappa shape index (κ2) is 16.2. The molecule has 0 aromatic rings. The molecule has 0 aliphatic carbocycles. The number of hydrogen-bond donors (Lipinski definition) is 1. The highest BCUT2D eigenvalue weighted by Gasteiger charge is 2.25. The molecule has 0 aliphatic rings. The van der Waals surface area contributed by atoms with Crippen LogP contribution in [0.5, 0.6) is 0 Å². The molecule has 0 radical (unpaired) electrons. The molecular weight excluding hydrogens is 482 g/mol. The second-order valence-electron chi connectivity index (χ2n) is 7.56. The summed E-state index contributed by atoms with van der Waals surface area (Å²) in [5, 5.41) is 0. The Morgan fingerprint density at radius 1 is 0.742 bits per heavy atom. The van der Waals surface area contributed by atoms with Crippen LogP contribution < -0.4 is 5.48 Å². The molecule has 11 nitrogen and oxygen atoms in total. The van der Waals surface area contributed by atoms with Gasteiger partial charge in [0.2, 0.25) is 0 Å². The highest BCUT2D eigenvalue weighted by Crippen LogP contribution is 2.17. The van der Waals surface area contributed by atoms with E-state index in [-0.39, 0.29) is 32.4 Å². The maximum absolute atomic E-state index is 11.5. The van der Waals surface area contributed by atoms with Crippen LogP contribution in [0.25, 0.3) is 0 Å². The number of alkyl halides is 1. The summed E-state index contributed by atoms with van der Waals surface area (Å²) in [6.45, 7) is 10.2.